The number of nitrogens with zero attached hydrogens (tertiary/aromatic N) is 2. The molecule has 4 rings (SSSR count). The fourth-order valence-electron chi connectivity index (χ4n) is 3.01. The first kappa shape index (κ1) is 22.9. The number of hydrogen-bond donors (Lipinski definition) is 3. The van der Waals surface area contributed by atoms with Crippen LogP contribution in [-0.2, 0) is 9.59 Å². The van der Waals surface area contributed by atoms with E-state index in [0.717, 1.165) is 23.6 Å². The van der Waals surface area contributed by atoms with E-state index >= 15 is 0 Å². The van der Waals surface area contributed by atoms with Crippen molar-refractivity contribution in [1.82, 2.24) is 21.0 Å². The van der Waals surface area contributed by atoms with Gasteiger partial charge in [0, 0.05) is 23.7 Å². The molecule has 0 radical (unpaired) electrons. The van der Waals surface area contributed by atoms with Crippen molar-refractivity contribution in [1.29, 1.82) is 0 Å². The van der Waals surface area contributed by atoms with Crippen molar-refractivity contribution in [3.05, 3.63) is 54.0 Å². The molecule has 3 N–H and O–H groups in total. The number of amides is 2. The third-order valence-electron chi connectivity index (χ3n) is 4.90. The SMILES string of the molecule is COc1cccc(Nc2nnc(SCC(=O)NNC(=O)C=Cc3ccc(C4CC4C)o3)s2)c1. The van der Waals surface area contributed by atoms with E-state index < -0.39 is 5.91 Å². The number of rotatable bonds is 9. The van der Waals surface area contributed by atoms with Crippen molar-refractivity contribution >= 4 is 51.8 Å². The highest BCUT2D eigenvalue weighted by Gasteiger charge is 2.36. The summed E-state index contributed by atoms with van der Waals surface area (Å²) in [5, 5.41) is 11.9. The summed E-state index contributed by atoms with van der Waals surface area (Å²) in [5.41, 5.74) is 5.55. The van der Waals surface area contributed by atoms with E-state index in [0.29, 0.717) is 27.1 Å². The van der Waals surface area contributed by atoms with Crippen LogP contribution in [0, 0.1) is 5.92 Å². The Morgan fingerprint density at radius 3 is 2.91 bits per heavy atom. The summed E-state index contributed by atoms with van der Waals surface area (Å²) in [6, 6.07) is 11.2. The normalized spacial score (nSPS) is 17.0. The Kier molecular flexibility index (Phi) is 7.30. The Morgan fingerprint density at radius 2 is 2.12 bits per heavy atom. The first-order chi connectivity index (χ1) is 16.0. The lowest BCUT2D eigenvalue weighted by Gasteiger charge is -2.04. The molecule has 3 aromatic rings. The Bertz CT molecular complexity index is 1160. The summed E-state index contributed by atoms with van der Waals surface area (Å²) in [4.78, 5) is 23.9. The van der Waals surface area contributed by atoms with E-state index in [2.05, 4.69) is 33.3 Å². The third kappa shape index (κ3) is 6.59. The molecule has 0 bridgehead atoms. The lowest BCUT2D eigenvalue weighted by atomic mass is 10.3. The summed E-state index contributed by atoms with van der Waals surface area (Å²) < 4.78 is 11.5. The van der Waals surface area contributed by atoms with E-state index in [-0.39, 0.29) is 11.7 Å². The Labute approximate surface area is 199 Å². The quantitative estimate of drug-likeness (QED) is 0.237. The minimum atomic E-state index is -0.452. The Hall–Kier alpha value is -3.31. The van der Waals surface area contributed by atoms with Crippen molar-refractivity contribution in [3.63, 3.8) is 0 Å². The maximum absolute atomic E-state index is 12.0. The van der Waals surface area contributed by atoms with Crippen LogP contribution in [0.4, 0.5) is 10.8 Å². The molecule has 1 fully saturated rings. The van der Waals surface area contributed by atoms with Gasteiger partial charge in [-0.2, -0.15) is 0 Å². The lowest BCUT2D eigenvalue weighted by molar-refractivity contribution is -0.125. The molecule has 0 saturated heterocycles. The Balaban J connectivity index is 1.17. The van der Waals surface area contributed by atoms with Crippen LogP contribution in [-0.4, -0.2) is 34.9 Å². The van der Waals surface area contributed by atoms with Gasteiger partial charge in [-0.1, -0.05) is 36.1 Å². The second kappa shape index (κ2) is 10.5. The zero-order valence-corrected chi connectivity index (χ0v) is 19.7. The second-order valence-corrected chi connectivity index (χ2v) is 9.65. The van der Waals surface area contributed by atoms with Gasteiger partial charge in [0.2, 0.25) is 11.0 Å². The molecule has 1 aromatic carbocycles. The minimum absolute atomic E-state index is 0.0822. The van der Waals surface area contributed by atoms with Gasteiger partial charge in [-0.25, -0.2) is 0 Å². The summed E-state index contributed by atoms with van der Waals surface area (Å²) in [5.74, 6) is 2.70. The van der Waals surface area contributed by atoms with Crippen LogP contribution in [0.5, 0.6) is 5.75 Å². The van der Waals surface area contributed by atoms with Crippen molar-refractivity contribution in [2.75, 3.05) is 18.2 Å². The van der Waals surface area contributed by atoms with Crippen molar-refractivity contribution < 1.29 is 18.7 Å². The summed E-state index contributed by atoms with van der Waals surface area (Å²) in [6.07, 6.45) is 4.02. The fourth-order valence-corrected chi connectivity index (χ4v) is 4.59. The number of methoxy groups -OCH3 is 1. The van der Waals surface area contributed by atoms with Crippen molar-refractivity contribution in [3.8, 4) is 5.75 Å². The predicted molar refractivity (Wildman–Crippen MR) is 127 cm³/mol. The van der Waals surface area contributed by atoms with E-state index in [9.17, 15) is 9.59 Å². The molecule has 9 nitrogen and oxygen atoms in total. The number of hydrazine groups is 1. The monoisotopic (exact) mass is 485 g/mol. The number of carbonyl (C=O) groups excluding carboxylic acids is 2. The smallest absolute Gasteiger partial charge is 0.262 e. The maximum Gasteiger partial charge on any atom is 0.262 e. The van der Waals surface area contributed by atoms with Gasteiger partial charge < -0.3 is 14.5 Å². The highest BCUT2D eigenvalue weighted by Crippen LogP contribution is 2.47. The number of nitrogens with one attached hydrogen (secondary N) is 3. The van der Waals surface area contributed by atoms with Gasteiger partial charge in [-0.3, -0.25) is 20.4 Å². The van der Waals surface area contributed by atoms with Gasteiger partial charge in [-0.05, 0) is 42.7 Å². The van der Waals surface area contributed by atoms with Gasteiger partial charge >= 0.3 is 0 Å². The predicted octanol–water partition coefficient (Wildman–Crippen LogP) is 3.96. The zero-order valence-electron chi connectivity index (χ0n) is 18.0. The first-order valence-corrected chi connectivity index (χ1v) is 12.0. The third-order valence-corrected chi connectivity index (χ3v) is 6.87. The molecule has 2 unspecified atom stereocenters. The molecule has 2 atom stereocenters. The Morgan fingerprint density at radius 1 is 1.27 bits per heavy atom. The minimum Gasteiger partial charge on any atom is -0.497 e. The number of anilines is 2. The van der Waals surface area contributed by atoms with Gasteiger partial charge in [0.15, 0.2) is 4.34 Å². The number of ether oxygens (including phenoxy) is 1. The molecule has 11 heteroatoms. The molecule has 2 amide bonds. The van der Waals surface area contributed by atoms with Crippen LogP contribution in [0.1, 0.15) is 30.8 Å². The van der Waals surface area contributed by atoms with Crippen LogP contribution < -0.4 is 20.9 Å². The number of aromatic nitrogens is 2. The van der Waals surface area contributed by atoms with Crippen LogP contribution in [0.2, 0.25) is 0 Å². The highest BCUT2D eigenvalue weighted by molar-refractivity contribution is 8.01. The van der Waals surface area contributed by atoms with Gasteiger partial charge in [0.25, 0.3) is 5.91 Å². The molecule has 1 aliphatic rings. The maximum atomic E-state index is 12.0. The highest BCUT2D eigenvalue weighted by atomic mass is 32.2. The summed E-state index contributed by atoms with van der Waals surface area (Å²) in [6.45, 7) is 2.18. The lowest BCUT2D eigenvalue weighted by Crippen LogP contribution is -2.41. The second-order valence-electron chi connectivity index (χ2n) is 7.45. The van der Waals surface area contributed by atoms with E-state index in [1.165, 1.54) is 29.2 Å². The number of benzene rings is 1. The summed E-state index contributed by atoms with van der Waals surface area (Å²) in [7, 11) is 1.60. The van der Waals surface area contributed by atoms with E-state index in [4.69, 9.17) is 9.15 Å². The van der Waals surface area contributed by atoms with Crippen molar-refractivity contribution in [2.24, 2.45) is 5.92 Å². The van der Waals surface area contributed by atoms with Gasteiger partial charge in [-0.15, -0.1) is 10.2 Å². The molecule has 2 heterocycles. The number of furan rings is 1. The first-order valence-electron chi connectivity index (χ1n) is 10.2. The van der Waals surface area contributed by atoms with Crippen LogP contribution in [0.25, 0.3) is 6.08 Å². The van der Waals surface area contributed by atoms with E-state index in [1.807, 2.05) is 36.4 Å². The topological polar surface area (TPSA) is 118 Å². The zero-order chi connectivity index (χ0) is 23.2. The van der Waals surface area contributed by atoms with Crippen LogP contribution in [0.3, 0.4) is 0 Å². The number of thioether (sulfide) groups is 1. The van der Waals surface area contributed by atoms with E-state index in [1.54, 1.807) is 13.2 Å². The number of hydrogen-bond acceptors (Lipinski definition) is 9. The number of carbonyl (C=O) groups is 2. The standard InChI is InChI=1S/C22H23N5O4S2/c1-13-10-17(13)18-8-6-15(31-18)7-9-19(28)24-25-20(29)12-32-22-27-26-21(33-22)23-14-4-3-5-16(11-14)30-2/h3-9,11,13,17H,10,12H2,1-2H3,(H,23,26)(H,24,28)(H,25,29). The largest absolute Gasteiger partial charge is 0.497 e. The van der Waals surface area contributed by atoms with Gasteiger partial charge in [0.05, 0.1) is 12.9 Å². The van der Waals surface area contributed by atoms with Crippen LogP contribution >= 0.6 is 23.1 Å². The molecule has 0 spiro atoms. The average Bonchev–Trinajstić information content (AvgIpc) is 3.18. The van der Waals surface area contributed by atoms with Crippen LogP contribution in [0.15, 0.2) is 51.2 Å². The molecule has 33 heavy (non-hydrogen) atoms. The molecule has 172 valence electrons. The fraction of sp³-hybridized carbons (Fsp3) is 0.273. The summed E-state index contributed by atoms with van der Waals surface area (Å²) >= 11 is 2.55. The molecule has 1 saturated carbocycles. The van der Waals surface area contributed by atoms with Crippen molar-refractivity contribution in [2.45, 2.75) is 23.6 Å². The average molecular weight is 486 g/mol. The molecule has 0 aliphatic heterocycles. The molecule has 1 aliphatic carbocycles. The molecule has 2 aromatic heterocycles. The molecular formula is C22H23N5O4S2. The molecular weight excluding hydrogens is 462 g/mol. The van der Waals surface area contributed by atoms with Gasteiger partial charge in [0.1, 0.15) is 17.3 Å².